The molecular weight excluding hydrogens is 288 g/mol. The molecule has 2 atom stereocenters. The average molecular weight is 303 g/mol. The van der Waals surface area contributed by atoms with Crippen molar-refractivity contribution in [1.82, 2.24) is 9.88 Å². The van der Waals surface area contributed by atoms with Crippen molar-refractivity contribution in [1.29, 1.82) is 0 Å². The molecule has 1 aliphatic heterocycles. The number of oxazole rings is 1. The van der Waals surface area contributed by atoms with Crippen LogP contribution in [0.1, 0.15) is 23.2 Å². The van der Waals surface area contributed by atoms with Crippen molar-refractivity contribution in [3.05, 3.63) is 17.8 Å². The predicted molar refractivity (Wildman–Crippen MR) is 65.3 cm³/mol. The minimum absolute atomic E-state index is 0.0333. The molecule has 2 heterocycles. The van der Waals surface area contributed by atoms with E-state index in [0.29, 0.717) is 24.5 Å². The topological polar surface area (TPSA) is 55.6 Å². The van der Waals surface area contributed by atoms with E-state index in [1.807, 2.05) is 6.92 Å². The van der Waals surface area contributed by atoms with Crippen molar-refractivity contribution >= 4 is 21.8 Å². The molecule has 1 saturated heterocycles. The molecule has 0 saturated carbocycles. The van der Waals surface area contributed by atoms with E-state index in [4.69, 9.17) is 9.15 Å². The van der Waals surface area contributed by atoms with E-state index in [1.54, 1.807) is 11.8 Å². The molecule has 1 aromatic rings. The lowest BCUT2D eigenvalue weighted by Gasteiger charge is -2.35. The van der Waals surface area contributed by atoms with Gasteiger partial charge in [-0.3, -0.25) is 4.79 Å². The minimum Gasteiger partial charge on any atom is -0.438 e. The number of nitrogens with zero attached hydrogens (tertiary/aromatic N) is 2. The normalized spacial score (nSPS) is 25.0. The monoisotopic (exact) mass is 302 g/mol. The fraction of sp³-hybridized carbons (Fsp3) is 0.636. The molecular formula is C11H15BrN2O3. The highest BCUT2D eigenvalue weighted by Gasteiger charge is 2.30. The predicted octanol–water partition coefficient (Wildman–Crippen LogP) is 1.61. The van der Waals surface area contributed by atoms with Crippen LogP contribution in [-0.2, 0) is 4.74 Å². The van der Waals surface area contributed by atoms with Gasteiger partial charge in [-0.1, -0.05) is 15.9 Å². The molecule has 5 nitrogen and oxygen atoms in total. The van der Waals surface area contributed by atoms with Crippen molar-refractivity contribution in [2.24, 2.45) is 0 Å². The first-order valence-electron chi connectivity index (χ1n) is 5.52. The summed E-state index contributed by atoms with van der Waals surface area (Å²) >= 11 is 3.38. The Kier molecular flexibility index (Phi) is 3.83. The van der Waals surface area contributed by atoms with Gasteiger partial charge >= 0.3 is 0 Å². The molecule has 0 aromatic carbocycles. The Morgan fingerprint density at radius 2 is 2.41 bits per heavy atom. The first-order chi connectivity index (χ1) is 8.11. The fourth-order valence-corrected chi connectivity index (χ4v) is 2.30. The number of aryl methyl sites for hydroxylation is 1. The number of amides is 1. The summed E-state index contributed by atoms with van der Waals surface area (Å²) in [5, 5.41) is 0.719. The van der Waals surface area contributed by atoms with Crippen LogP contribution < -0.4 is 0 Å². The van der Waals surface area contributed by atoms with E-state index in [-0.39, 0.29) is 18.1 Å². The molecule has 1 aliphatic rings. The van der Waals surface area contributed by atoms with Gasteiger partial charge in [0.05, 0.1) is 17.9 Å². The largest absolute Gasteiger partial charge is 0.438 e. The van der Waals surface area contributed by atoms with E-state index < -0.39 is 0 Å². The van der Waals surface area contributed by atoms with Gasteiger partial charge in [-0.2, -0.15) is 0 Å². The molecule has 0 N–H and O–H groups in total. The van der Waals surface area contributed by atoms with Gasteiger partial charge in [0.15, 0.2) is 6.39 Å². The number of rotatable bonds is 2. The Bertz CT molecular complexity index is 407. The Hall–Kier alpha value is -0.880. The van der Waals surface area contributed by atoms with Gasteiger partial charge in [-0.05, 0) is 13.8 Å². The third kappa shape index (κ3) is 2.69. The summed E-state index contributed by atoms with van der Waals surface area (Å²) in [6.07, 6.45) is 1.37. The zero-order valence-electron chi connectivity index (χ0n) is 9.85. The third-order valence-electron chi connectivity index (χ3n) is 2.73. The number of ether oxygens (including phenoxy) is 1. The molecule has 1 amide bonds. The second-order valence-electron chi connectivity index (χ2n) is 4.20. The van der Waals surface area contributed by atoms with E-state index in [2.05, 4.69) is 20.9 Å². The van der Waals surface area contributed by atoms with Crippen LogP contribution in [0.15, 0.2) is 10.8 Å². The fourth-order valence-electron chi connectivity index (χ4n) is 1.95. The van der Waals surface area contributed by atoms with Gasteiger partial charge in [0.25, 0.3) is 5.91 Å². The van der Waals surface area contributed by atoms with Crippen LogP contribution in [0.2, 0.25) is 0 Å². The molecule has 94 valence electrons. The van der Waals surface area contributed by atoms with Crippen LogP contribution in [0.4, 0.5) is 0 Å². The van der Waals surface area contributed by atoms with Gasteiger partial charge in [-0.25, -0.2) is 4.98 Å². The van der Waals surface area contributed by atoms with Crippen LogP contribution in [0, 0.1) is 6.92 Å². The number of halogens is 1. The summed E-state index contributed by atoms with van der Waals surface area (Å²) in [5.74, 6) is 0.216. The van der Waals surface area contributed by atoms with Crippen LogP contribution in [0.3, 0.4) is 0 Å². The Morgan fingerprint density at radius 1 is 1.65 bits per heavy atom. The van der Waals surface area contributed by atoms with Crippen LogP contribution >= 0.6 is 15.9 Å². The zero-order valence-corrected chi connectivity index (χ0v) is 11.4. The van der Waals surface area contributed by atoms with E-state index in [0.717, 1.165) is 5.33 Å². The Labute approximate surface area is 108 Å². The second-order valence-corrected chi connectivity index (χ2v) is 4.85. The molecule has 0 radical (unpaired) electrons. The number of carbonyl (C=O) groups is 1. The van der Waals surface area contributed by atoms with Gasteiger partial charge < -0.3 is 14.1 Å². The molecule has 0 aliphatic carbocycles. The zero-order chi connectivity index (χ0) is 12.4. The summed E-state index contributed by atoms with van der Waals surface area (Å²) in [4.78, 5) is 17.9. The van der Waals surface area contributed by atoms with Crippen molar-refractivity contribution < 1.29 is 13.9 Å². The maximum Gasteiger partial charge on any atom is 0.291 e. The Balaban J connectivity index is 2.11. The van der Waals surface area contributed by atoms with Gasteiger partial charge in [0.1, 0.15) is 0 Å². The van der Waals surface area contributed by atoms with E-state index in [9.17, 15) is 4.79 Å². The van der Waals surface area contributed by atoms with Crippen molar-refractivity contribution in [3.8, 4) is 0 Å². The van der Waals surface area contributed by atoms with Crippen LogP contribution in [0.5, 0.6) is 0 Å². The Morgan fingerprint density at radius 3 is 3.00 bits per heavy atom. The maximum atomic E-state index is 12.2. The van der Waals surface area contributed by atoms with E-state index >= 15 is 0 Å². The summed E-state index contributed by atoms with van der Waals surface area (Å²) in [6.45, 7) is 4.89. The van der Waals surface area contributed by atoms with Crippen molar-refractivity contribution in [2.45, 2.75) is 26.1 Å². The number of hydrogen-bond acceptors (Lipinski definition) is 4. The number of aromatic nitrogens is 1. The highest BCUT2D eigenvalue weighted by atomic mass is 79.9. The van der Waals surface area contributed by atoms with Gasteiger partial charge in [0.2, 0.25) is 5.76 Å². The minimum atomic E-state index is -0.110. The quantitative estimate of drug-likeness (QED) is 0.779. The lowest BCUT2D eigenvalue weighted by atomic mass is 10.2. The number of morpholine rings is 1. The lowest BCUT2D eigenvalue weighted by Crippen LogP contribution is -2.49. The summed E-state index contributed by atoms with van der Waals surface area (Å²) in [7, 11) is 0. The molecule has 1 aromatic heterocycles. The SMILES string of the molecule is Cc1ncoc1C(=O)N1CC(C)OC(CBr)C1. The summed E-state index contributed by atoms with van der Waals surface area (Å²) in [6, 6.07) is 0. The maximum absolute atomic E-state index is 12.2. The molecule has 1 fully saturated rings. The van der Waals surface area contributed by atoms with Gasteiger partial charge in [-0.15, -0.1) is 0 Å². The first kappa shape index (κ1) is 12.6. The van der Waals surface area contributed by atoms with Crippen molar-refractivity contribution in [3.63, 3.8) is 0 Å². The van der Waals surface area contributed by atoms with E-state index in [1.165, 1.54) is 6.39 Å². The molecule has 0 bridgehead atoms. The highest BCUT2D eigenvalue weighted by Crippen LogP contribution is 2.17. The van der Waals surface area contributed by atoms with Crippen LogP contribution in [0.25, 0.3) is 0 Å². The number of hydrogen-bond donors (Lipinski definition) is 0. The second kappa shape index (κ2) is 5.18. The van der Waals surface area contributed by atoms with Crippen LogP contribution in [-0.4, -0.2) is 46.4 Å². The van der Waals surface area contributed by atoms with Gasteiger partial charge in [0, 0.05) is 18.4 Å². The standard InChI is InChI=1S/C11H15BrN2O3/c1-7-4-14(5-9(3-12)17-7)11(15)10-8(2)13-6-16-10/h6-7,9H,3-5H2,1-2H3. The van der Waals surface area contributed by atoms with Crippen molar-refractivity contribution in [2.75, 3.05) is 18.4 Å². The first-order valence-corrected chi connectivity index (χ1v) is 6.64. The third-order valence-corrected chi connectivity index (χ3v) is 3.45. The summed E-state index contributed by atoms with van der Waals surface area (Å²) < 4.78 is 10.8. The molecule has 0 spiro atoms. The molecule has 17 heavy (non-hydrogen) atoms. The average Bonchev–Trinajstić information content (AvgIpc) is 2.73. The number of carbonyl (C=O) groups excluding carboxylic acids is 1. The molecule has 2 rings (SSSR count). The molecule has 6 heteroatoms. The number of alkyl halides is 1. The molecule has 2 unspecified atom stereocenters. The lowest BCUT2D eigenvalue weighted by molar-refractivity contribution is -0.0566. The summed E-state index contributed by atoms with van der Waals surface area (Å²) in [5.41, 5.74) is 0.629. The smallest absolute Gasteiger partial charge is 0.291 e. The highest BCUT2D eigenvalue weighted by molar-refractivity contribution is 9.09.